The zero-order chi connectivity index (χ0) is 11.2. The smallest absolute Gasteiger partial charge is 0.485 e. The molecule has 0 bridgehead atoms. The lowest BCUT2D eigenvalue weighted by Crippen LogP contribution is -2.20. The minimum atomic E-state index is -0.670. The van der Waals surface area contributed by atoms with Crippen molar-refractivity contribution < 1.29 is 28.0 Å². The summed E-state index contributed by atoms with van der Waals surface area (Å²) >= 11 is 0. The maximum absolute atomic E-state index is 5.30. The van der Waals surface area contributed by atoms with Crippen LogP contribution in [0.3, 0.4) is 0 Å². The quantitative estimate of drug-likeness (QED) is 0.489. The van der Waals surface area contributed by atoms with Gasteiger partial charge in [0.25, 0.3) is 5.95 Å². The summed E-state index contributed by atoms with van der Waals surface area (Å²) in [7, 11) is 0.646. The number of hydrogen-bond acceptors (Lipinski definition) is 6. The fourth-order valence-electron chi connectivity index (χ4n) is 1.41. The van der Waals surface area contributed by atoms with Crippen LogP contribution in [0.15, 0.2) is 12.0 Å². The van der Waals surface area contributed by atoms with Crippen molar-refractivity contribution in [1.29, 1.82) is 0 Å². The predicted octanol–water partition coefficient (Wildman–Crippen LogP) is 0.0575. The van der Waals surface area contributed by atoms with Crippen LogP contribution in [0, 0.1) is 0 Å². The molecular formula is C8H14B2O6. The van der Waals surface area contributed by atoms with Gasteiger partial charge in [-0.2, -0.15) is 0 Å². The highest BCUT2D eigenvalue weighted by atomic mass is 16.8. The summed E-state index contributed by atoms with van der Waals surface area (Å²) in [6.07, 6.45) is 2.33. The molecule has 16 heavy (non-hydrogen) atoms. The van der Waals surface area contributed by atoms with Gasteiger partial charge in [-0.15, -0.1) is 0 Å². The molecule has 0 unspecified atom stereocenters. The highest BCUT2D eigenvalue weighted by Crippen LogP contribution is 2.11. The van der Waals surface area contributed by atoms with Gasteiger partial charge in [0.05, 0.1) is 33.5 Å². The van der Waals surface area contributed by atoms with E-state index in [-0.39, 0.29) is 7.12 Å². The first-order valence-corrected chi connectivity index (χ1v) is 5.25. The van der Waals surface area contributed by atoms with Crippen molar-refractivity contribution in [3.63, 3.8) is 0 Å². The van der Waals surface area contributed by atoms with Crippen molar-refractivity contribution in [3.05, 3.63) is 12.0 Å². The Labute approximate surface area is 95.1 Å². The molecule has 0 radical (unpaired) electrons. The predicted molar refractivity (Wildman–Crippen MR) is 56.3 cm³/mol. The molecule has 0 N–H and O–H groups in total. The van der Waals surface area contributed by atoms with E-state index in [1.165, 1.54) is 7.11 Å². The van der Waals surface area contributed by atoms with Crippen LogP contribution in [0.2, 0.25) is 6.32 Å². The van der Waals surface area contributed by atoms with Gasteiger partial charge in [-0.1, -0.05) is 0 Å². The van der Waals surface area contributed by atoms with Crippen LogP contribution in [-0.4, -0.2) is 48.0 Å². The lowest BCUT2D eigenvalue weighted by atomic mass is 9.85. The number of rotatable bonds is 5. The van der Waals surface area contributed by atoms with Crippen LogP contribution < -0.4 is 0 Å². The van der Waals surface area contributed by atoms with Gasteiger partial charge in [-0.05, 0) is 6.08 Å². The first-order valence-electron chi connectivity index (χ1n) is 5.25. The number of ether oxygens (including phenoxy) is 1. The molecule has 8 heteroatoms. The van der Waals surface area contributed by atoms with Gasteiger partial charge in [0.2, 0.25) is 0 Å². The van der Waals surface area contributed by atoms with E-state index in [4.69, 9.17) is 28.0 Å². The average molecular weight is 228 g/mol. The number of methoxy groups -OCH3 is 1. The van der Waals surface area contributed by atoms with E-state index < -0.39 is 7.32 Å². The summed E-state index contributed by atoms with van der Waals surface area (Å²) in [5.74, 6) is 0.353. The van der Waals surface area contributed by atoms with E-state index in [0.29, 0.717) is 38.7 Å². The van der Waals surface area contributed by atoms with Crippen molar-refractivity contribution in [2.24, 2.45) is 0 Å². The second-order valence-corrected chi connectivity index (χ2v) is 3.28. The first kappa shape index (κ1) is 11.8. The van der Waals surface area contributed by atoms with Crippen molar-refractivity contribution in [2.75, 3.05) is 33.5 Å². The Morgan fingerprint density at radius 1 is 1.12 bits per heavy atom. The molecule has 0 saturated carbocycles. The van der Waals surface area contributed by atoms with Gasteiger partial charge < -0.3 is 28.0 Å². The largest absolute Gasteiger partial charge is 0.715 e. The third kappa shape index (κ3) is 3.41. The van der Waals surface area contributed by atoms with E-state index in [0.717, 1.165) is 0 Å². The van der Waals surface area contributed by atoms with Gasteiger partial charge in [-0.25, -0.2) is 0 Å². The third-order valence-electron chi connectivity index (χ3n) is 2.17. The van der Waals surface area contributed by atoms with Crippen molar-refractivity contribution in [2.45, 2.75) is 6.32 Å². The topological polar surface area (TPSA) is 55.4 Å². The zero-order valence-corrected chi connectivity index (χ0v) is 9.22. The van der Waals surface area contributed by atoms with E-state index in [1.54, 1.807) is 6.08 Å². The van der Waals surface area contributed by atoms with Crippen molar-refractivity contribution in [3.8, 4) is 0 Å². The van der Waals surface area contributed by atoms with Crippen LogP contribution in [-0.2, 0) is 28.0 Å². The molecule has 0 spiro atoms. The average Bonchev–Trinajstić information content (AvgIpc) is 2.97. The van der Waals surface area contributed by atoms with Crippen LogP contribution in [0.25, 0.3) is 0 Å². The van der Waals surface area contributed by atoms with Gasteiger partial charge >= 0.3 is 14.4 Å². The third-order valence-corrected chi connectivity index (χ3v) is 2.17. The van der Waals surface area contributed by atoms with E-state index in [2.05, 4.69) is 0 Å². The molecule has 0 aromatic rings. The molecular weight excluding hydrogens is 214 g/mol. The fraction of sp³-hybridized carbons (Fsp3) is 0.750. The van der Waals surface area contributed by atoms with Gasteiger partial charge in [0, 0.05) is 6.32 Å². The Bertz CT molecular complexity index is 237. The van der Waals surface area contributed by atoms with Gasteiger partial charge in [-0.3, -0.25) is 0 Å². The van der Waals surface area contributed by atoms with Crippen molar-refractivity contribution in [1.82, 2.24) is 0 Å². The van der Waals surface area contributed by atoms with Gasteiger partial charge in [0.1, 0.15) is 0 Å². The van der Waals surface area contributed by atoms with Gasteiger partial charge in [0.15, 0.2) is 0 Å². The Balaban J connectivity index is 1.75. The minimum Gasteiger partial charge on any atom is -0.485 e. The summed E-state index contributed by atoms with van der Waals surface area (Å²) in [4.78, 5) is 0. The standard InChI is InChI=1S/C8H14B2O6/c1-11-8(16-10-14-6-7-15-10)2-3-9-12-4-5-13-9/h2H,3-7H2,1H3/b8-2-. The normalized spacial score (nSPS) is 21.7. The lowest BCUT2D eigenvalue weighted by molar-refractivity contribution is 0.104. The SMILES string of the molecule is CO/C(=C/CB1OCCO1)OB1OCCO1. The lowest BCUT2D eigenvalue weighted by Gasteiger charge is -2.10. The molecule has 2 rings (SSSR count). The molecule has 88 valence electrons. The molecule has 2 saturated heterocycles. The summed E-state index contributed by atoms with van der Waals surface area (Å²) in [5, 5.41) is 0. The highest BCUT2D eigenvalue weighted by molar-refractivity contribution is 6.45. The minimum absolute atomic E-state index is 0.209. The maximum Gasteiger partial charge on any atom is 0.715 e. The number of hydrogen-bond donors (Lipinski definition) is 0. The maximum atomic E-state index is 5.30. The molecule has 0 aliphatic carbocycles. The monoisotopic (exact) mass is 228 g/mol. The molecule has 6 nitrogen and oxygen atoms in total. The molecule has 0 aromatic heterocycles. The molecule has 2 aliphatic heterocycles. The van der Waals surface area contributed by atoms with Crippen LogP contribution in [0.4, 0.5) is 0 Å². The second-order valence-electron chi connectivity index (χ2n) is 3.28. The Hall–Kier alpha value is -0.690. The molecule has 2 aliphatic rings. The molecule has 0 atom stereocenters. The summed E-state index contributed by atoms with van der Waals surface area (Å²) < 4.78 is 31.2. The Morgan fingerprint density at radius 2 is 1.75 bits per heavy atom. The highest BCUT2D eigenvalue weighted by Gasteiger charge is 2.31. The number of allylic oxidation sites excluding steroid dienone is 1. The Kier molecular flexibility index (Phi) is 4.53. The van der Waals surface area contributed by atoms with Crippen LogP contribution >= 0.6 is 0 Å². The zero-order valence-electron chi connectivity index (χ0n) is 9.22. The molecule has 2 heterocycles. The van der Waals surface area contributed by atoms with Crippen LogP contribution in [0.5, 0.6) is 0 Å². The molecule has 2 fully saturated rings. The first-order chi connectivity index (χ1) is 7.88. The fourth-order valence-corrected chi connectivity index (χ4v) is 1.41. The van der Waals surface area contributed by atoms with Crippen molar-refractivity contribution >= 4 is 14.4 Å². The summed E-state index contributed by atoms with van der Waals surface area (Å²) in [6, 6.07) is 0. The molecule has 0 aromatic carbocycles. The van der Waals surface area contributed by atoms with Crippen LogP contribution in [0.1, 0.15) is 0 Å². The van der Waals surface area contributed by atoms with E-state index in [1.807, 2.05) is 0 Å². The second kappa shape index (κ2) is 6.15. The van der Waals surface area contributed by atoms with E-state index in [9.17, 15) is 0 Å². The summed E-state index contributed by atoms with van der Waals surface area (Å²) in [6.45, 7) is 2.35. The Morgan fingerprint density at radius 3 is 2.38 bits per heavy atom. The molecule has 0 amide bonds. The van der Waals surface area contributed by atoms with E-state index >= 15 is 0 Å². The summed E-state index contributed by atoms with van der Waals surface area (Å²) in [5.41, 5.74) is 0.